The van der Waals surface area contributed by atoms with Crippen molar-refractivity contribution < 1.29 is 9.84 Å². The highest BCUT2D eigenvalue weighted by Gasteiger charge is 2.08. The molecule has 0 saturated carbocycles. The van der Waals surface area contributed by atoms with Crippen LogP contribution in [0.5, 0.6) is 5.75 Å². The molecule has 2 N–H and O–H groups in total. The molecule has 0 heterocycles. The van der Waals surface area contributed by atoms with E-state index >= 15 is 0 Å². The van der Waals surface area contributed by atoms with E-state index in [9.17, 15) is 5.11 Å². The quantitative estimate of drug-likeness (QED) is 0.800. The summed E-state index contributed by atoms with van der Waals surface area (Å²) in [5.41, 5.74) is 1.89. The van der Waals surface area contributed by atoms with Crippen LogP contribution in [0, 0.1) is 0 Å². The molecule has 0 fully saturated rings. The predicted molar refractivity (Wildman–Crippen MR) is 93.0 cm³/mol. The van der Waals surface area contributed by atoms with Crippen LogP contribution in [0.25, 0.3) is 0 Å². The van der Waals surface area contributed by atoms with E-state index in [2.05, 4.69) is 5.32 Å². The first-order valence-corrected chi connectivity index (χ1v) is 7.43. The lowest BCUT2D eigenvalue weighted by Gasteiger charge is -2.14. The van der Waals surface area contributed by atoms with Gasteiger partial charge in [0.1, 0.15) is 5.75 Å². The third-order valence-corrected chi connectivity index (χ3v) is 3.39. The molecule has 0 bridgehead atoms. The summed E-state index contributed by atoms with van der Waals surface area (Å²) < 4.78 is 5.57. The summed E-state index contributed by atoms with van der Waals surface area (Å²) in [5, 5.41) is 14.0. The molecule has 0 spiro atoms. The van der Waals surface area contributed by atoms with E-state index in [0.717, 1.165) is 16.9 Å². The highest BCUT2D eigenvalue weighted by molar-refractivity contribution is 6.30. The van der Waals surface area contributed by atoms with Crippen LogP contribution in [0.3, 0.4) is 0 Å². The zero-order valence-electron chi connectivity index (χ0n) is 12.5. The standard InChI is InChI=1S/C17H20ClNO2.ClH/c1-2-21-17-9-8-15(18)10-14(17)11-19-12-16(20)13-6-4-3-5-7-13;/h3-10,16,19-20H,2,11-12H2,1H3;1H. The normalized spacial score (nSPS) is 11.6. The third-order valence-electron chi connectivity index (χ3n) is 3.16. The molecule has 0 aliphatic rings. The van der Waals surface area contributed by atoms with Crippen molar-refractivity contribution in [2.45, 2.75) is 19.6 Å². The van der Waals surface area contributed by atoms with Crippen LogP contribution < -0.4 is 10.1 Å². The number of ether oxygens (including phenoxy) is 1. The number of aliphatic hydroxyl groups excluding tert-OH is 1. The number of hydrogen-bond donors (Lipinski definition) is 2. The molecular formula is C17H21Cl2NO2. The van der Waals surface area contributed by atoms with Crippen LogP contribution in [-0.4, -0.2) is 18.3 Å². The van der Waals surface area contributed by atoms with Gasteiger partial charge in [-0.05, 0) is 30.7 Å². The molecule has 22 heavy (non-hydrogen) atoms. The molecule has 120 valence electrons. The summed E-state index contributed by atoms with van der Waals surface area (Å²) in [5.74, 6) is 0.823. The molecule has 2 aromatic rings. The Labute approximate surface area is 142 Å². The van der Waals surface area contributed by atoms with E-state index in [1.165, 1.54) is 0 Å². The third kappa shape index (κ3) is 5.50. The lowest BCUT2D eigenvalue weighted by atomic mass is 10.1. The smallest absolute Gasteiger partial charge is 0.123 e. The molecule has 0 aliphatic heterocycles. The van der Waals surface area contributed by atoms with Gasteiger partial charge in [-0.3, -0.25) is 0 Å². The maximum atomic E-state index is 10.1. The van der Waals surface area contributed by atoms with Crippen molar-refractivity contribution >= 4 is 24.0 Å². The van der Waals surface area contributed by atoms with Crippen molar-refractivity contribution in [1.82, 2.24) is 5.32 Å². The van der Waals surface area contributed by atoms with E-state index in [1.54, 1.807) is 0 Å². The van der Waals surface area contributed by atoms with Gasteiger partial charge in [0.05, 0.1) is 12.7 Å². The molecular weight excluding hydrogens is 321 g/mol. The Balaban J connectivity index is 0.00000242. The number of benzene rings is 2. The molecule has 0 saturated heterocycles. The number of nitrogens with one attached hydrogen (secondary N) is 1. The van der Waals surface area contributed by atoms with Crippen molar-refractivity contribution in [3.05, 3.63) is 64.7 Å². The first kappa shape index (κ1) is 18.8. The Hall–Kier alpha value is -1.26. The van der Waals surface area contributed by atoms with Gasteiger partial charge in [-0.25, -0.2) is 0 Å². The molecule has 0 amide bonds. The molecule has 2 aromatic carbocycles. The average Bonchev–Trinajstić information content (AvgIpc) is 2.51. The van der Waals surface area contributed by atoms with Crippen molar-refractivity contribution in [3.63, 3.8) is 0 Å². The topological polar surface area (TPSA) is 41.5 Å². The van der Waals surface area contributed by atoms with Crippen LogP contribution in [0.15, 0.2) is 48.5 Å². The molecule has 0 aromatic heterocycles. The summed E-state index contributed by atoms with van der Waals surface area (Å²) in [7, 11) is 0. The second kappa shape index (κ2) is 9.70. The summed E-state index contributed by atoms with van der Waals surface area (Å²) in [6.07, 6.45) is -0.527. The molecule has 1 unspecified atom stereocenters. The van der Waals surface area contributed by atoms with Gasteiger partial charge in [-0.2, -0.15) is 0 Å². The van der Waals surface area contributed by atoms with Gasteiger partial charge < -0.3 is 15.2 Å². The van der Waals surface area contributed by atoms with Gasteiger partial charge in [0.15, 0.2) is 0 Å². The maximum absolute atomic E-state index is 10.1. The van der Waals surface area contributed by atoms with Gasteiger partial charge in [-0.1, -0.05) is 41.9 Å². The maximum Gasteiger partial charge on any atom is 0.123 e. The van der Waals surface area contributed by atoms with E-state index in [0.29, 0.717) is 24.7 Å². The Morgan fingerprint density at radius 2 is 1.91 bits per heavy atom. The molecule has 1 atom stereocenters. The Morgan fingerprint density at radius 3 is 2.59 bits per heavy atom. The van der Waals surface area contributed by atoms with Gasteiger partial charge in [-0.15, -0.1) is 12.4 Å². The van der Waals surface area contributed by atoms with Crippen LogP contribution in [0.4, 0.5) is 0 Å². The van der Waals surface area contributed by atoms with Crippen LogP contribution in [0.1, 0.15) is 24.2 Å². The Kier molecular flexibility index (Phi) is 8.28. The number of rotatable bonds is 7. The summed E-state index contributed by atoms with van der Waals surface area (Å²) in [6, 6.07) is 15.2. The van der Waals surface area contributed by atoms with Gasteiger partial charge in [0.2, 0.25) is 0 Å². The largest absolute Gasteiger partial charge is 0.494 e. The van der Waals surface area contributed by atoms with Crippen molar-refractivity contribution in [2.24, 2.45) is 0 Å². The molecule has 0 radical (unpaired) electrons. The SMILES string of the molecule is CCOc1ccc(Cl)cc1CNCC(O)c1ccccc1.Cl. The lowest BCUT2D eigenvalue weighted by molar-refractivity contribution is 0.174. The minimum atomic E-state index is -0.527. The second-order valence-corrected chi connectivity index (χ2v) is 5.18. The highest BCUT2D eigenvalue weighted by Crippen LogP contribution is 2.23. The molecule has 2 rings (SSSR count). The fraction of sp³-hybridized carbons (Fsp3) is 0.294. The van der Waals surface area contributed by atoms with Crippen molar-refractivity contribution in [1.29, 1.82) is 0 Å². The molecule has 5 heteroatoms. The van der Waals surface area contributed by atoms with Gasteiger partial charge in [0, 0.05) is 23.7 Å². The van der Waals surface area contributed by atoms with Crippen molar-refractivity contribution in [3.8, 4) is 5.75 Å². The predicted octanol–water partition coefficient (Wildman–Crippen LogP) is 3.98. The average molecular weight is 342 g/mol. The number of hydrogen-bond acceptors (Lipinski definition) is 3. The number of aliphatic hydroxyl groups is 1. The molecule has 3 nitrogen and oxygen atoms in total. The van der Waals surface area contributed by atoms with E-state index in [-0.39, 0.29) is 12.4 Å². The summed E-state index contributed by atoms with van der Waals surface area (Å²) in [6.45, 7) is 3.63. The van der Waals surface area contributed by atoms with Gasteiger partial charge >= 0.3 is 0 Å². The number of halogens is 2. The van der Waals surface area contributed by atoms with E-state index in [4.69, 9.17) is 16.3 Å². The zero-order valence-corrected chi connectivity index (χ0v) is 14.0. The second-order valence-electron chi connectivity index (χ2n) is 4.74. The van der Waals surface area contributed by atoms with E-state index < -0.39 is 6.10 Å². The first-order valence-electron chi connectivity index (χ1n) is 7.05. The van der Waals surface area contributed by atoms with Gasteiger partial charge in [0.25, 0.3) is 0 Å². The molecule has 0 aliphatic carbocycles. The van der Waals surface area contributed by atoms with E-state index in [1.807, 2.05) is 55.5 Å². The lowest BCUT2D eigenvalue weighted by Crippen LogP contribution is -2.21. The first-order chi connectivity index (χ1) is 10.2. The monoisotopic (exact) mass is 341 g/mol. The fourth-order valence-electron chi connectivity index (χ4n) is 2.12. The zero-order chi connectivity index (χ0) is 15.1. The van der Waals surface area contributed by atoms with Crippen LogP contribution in [0.2, 0.25) is 5.02 Å². The van der Waals surface area contributed by atoms with Crippen molar-refractivity contribution in [2.75, 3.05) is 13.2 Å². The minimum Gasteiger partial charge on any atom is -0.494 e. The summed E-state index contributed by atoms with van der Waals surface area (Å²) in [4.78, 5) is 0. The minimum absolute atomic E-state index is 0. The Morgan fingerprint density at radius 1 is 1.18 bits per heavy atom. The summed E-state index contributed by atoms with van der Waals surface area (Å²) >= 11 is 6.02. The van der Waals surface area contributed by atoms with Crippen LogP contribution >= 0.6 is 24.0 Å². The highest BCUT2D eigenvalue weighted by atomic mass is 35.5. The fourth-order valence-corrected chi connectivity index (χ4v) is 2.31. The van der Waals surface area contributed by atoms with Crippen LogP contribution in [-0.2, 0) is 6.54 Å². The Bertz CT molecular complexity index is 564.